The standard InChI is InChI=1S/C16H17F3N2O4/c1-2-14(22)11-7-20-21(8-11)10-25-13-5-3-4-12(6-13)24-9-15(23)16(17,18)19/h3-8,15,23H,2,9-10H2,1H3. The highest BCUT2D eigenvalue weighted by molar-refractivity contribution is 5.95. The Morgan fingerprint density at radius 2 is 2.00 bits per heavy atom. The molecule has 0 aliphatic heterocycles. The highest BCUT2D eigenvalue weighted by Crippen LogP contribution is 2.23. The van der Waals surface area contributed by atoms with Gasteiger partial charge in [0.05, 0.1) is 11.8 Å². The number of hydrogen-bond donors (Lipinski definition) is 1. The molecule has 1 aromatic carbocycles. The summed E-state index contributed by atoms with van der Waals surface area (Å²) in [5.41, 5.74) is 0.476. The van der Waals surface area contributed by atoms with Gasteiger partial charge in [0.1, 0.15) is 18.1 Å². The van der Waals surface area contributed by atoms with Gasteiger partial charge in [-0.25, -0.2) is 4.68 Å². The summed E-state index contributed by atoms with van der Waals surface area (Å²) < 4.78 is 48.5. The van der Waals surface area contributed by atoms with Crippen molar-refractivity contribution in [2.24, 2.45) is 0 Å². The zero-order valence-electron chi connectivity index (χ0n) is 13.4. The van der Waals surface area contributed by atoms with Gasteiger partial charge >= 0.3 is 6.18 Å². The molecular weight excluding hydrogens is 341 g/mol. The minimum Gasteiger partial charge on any atom is -0.490 e. The van der Waals surface area contributed by atoms with Crippen LogP contribution in [0, 0.1) is 0 Å². The molecule has 136 valence electrons. The van der Waals surface area contributed by atoms with E-state index in [1.54, 1.807) is 25.3 Å². The van der Waals surface area contributed by atoms with Crippen LogP contribution in [0.25, 0.3) is 0 Å². The highest BCUT2D eigenvalue weighted by Gasteiger charge is 2.38. The first-order chi connectivity index (χ1) is 11.8. The summed E-state index contributed by atoms with van der Waals surface area (Å²) in [5, 5.41) is 12.9. The van der Waals surface area contributed by atoms with Crippen LogP contribution in [0.2, 0.25) is 0 Å². The lowest BCUT2D eigenvalue weighted by atomic mass is 10.2. The van der Waals surface area contributed by atoms with Crippen LogP contribution in [0.15, 0.2) is 36.7 Å². The number of ether oxygens (including phenoxy) is 2. The van der Waals surface area contributed by atoms with Crippen molar-refractivity contribution in [3.8, 4) is 11.5 Å². The second-order valence-electron chi connectivity index (χ2n) is 5.16. The molecule has 1 aromatic heterocycles. The highest BCUT2D eigenvalue weighted by atomic mass is 19.4. The van der Waals surface area contributed by atoms with E-state index in [0.29, 0.717) is 17.7 Å². The maximum atomic E-state index is 12.2. The zero-order valence-corrected chi connectivity index (χ0v) is 13.4. The Morgan fingerprint density at radius 3 is 2.64 bits per heavy atom. The van der Waals surface area contributed by atoms with Crippen LogP contribution in [0.5, 0.6) is 11.5 Å². The first-order valence-electron chi connectivity index (χ1n) is 7.45. The Labute approximate surface area is 141 Å². The van der Waals surface area contributed by atoms with E-state index in [0.717, 1.165) is 0 Å². The summed E-state index contributed by atoms with van der Waals surface area (Å²) in [6, 6.07) is 5.97. The largest absolute Gasteiger partial charge is 0.490 e. The first-order valence-corrected chi connectivity index (χ1v) is 7.45. The van der Waals surface area contributed by atoms with E-state index in [1.807, 2.05) is 0 Å². The van der Waals surface area contributed by atoms with E-state index >= 15 is 0 Å². The zero-order chi connectivity index (χ0) is 18.4. The molecule has 1 atom stereocenters. The Kier molecular flexibility index (Phi) is 6.02. The van der Waals surface area contributed by atoms with E-state index in [-0.39, 0.29) is 18.3 Å². The molecule has 1 N–H and O–H groups in total. The van der Waals surface area contributed by atoms with Gasteiger partial charge in [-0.2, -0.15) is 18.3 Å². The average molecular weight is 358 g/mol. The van der Waals surface area contributed by atoms with Crippen LogP contribution < -0.4 is 9.47 Å². The molecule has 1 heterocycles. The van der Waals surface area contributed by atoms with Gasteiger partial charge < -0.3 is 14.6 Å². The summed E-state index contributed by atoms with van der Waals surface area (Å²) in [5.74, 6) is 0.436. The Bertz CT molecular complexity index is 715. The molecule has 6 nitrogen and oxygen atoms in total. The number of benzene rings is 1. The number of hydrogen-bond acceptors (Lipinski definition) is 5. The smallest absolute Gasteiger partial charge is 0.417 e. The van der Waals surface area contributed by atoms with Gasteiger partial charge in [0.15, 0.2) is 18.6 Å². The number of alkyl halides is 3. The number of aliphatic hydroxyl groups is 1. The van der Waals surface area contributed by atoms with Crippen molar-refractivity contribution < 1.29 is 32.5 Å². The normalized spacial score (nSPS) is 12.7. The van der Waals surface area contributed by atoms with Crippen molar-refractivity contribution in [2.75, 3.05) is 6.61 Å². The van der Waals surface area contributed by atoms with Crippen LogP contribution >= 0.6 is 0 Å². The molecule has 0 amide bonds. The summed E-state index contributed by atoms with van der Waals surface area (Å²) in [6.45, 7) is 0.859. The molecule has 0 radical (unpaired) electrons. The van der Waals surface area contributed by atoms with E-state index < -0.39 is 18.9 Å². The molecule has 0 aliphatic carbocycles. The van der Waals surface area contributed by atoms with Gasteiger partial charge in [-0.15, -0.1) is 0 Å². The summed E-state index contributed by atoms with van der Waals surface area (Å²) in [7, 11) is 0. The van der Waals surface area contributed by atoms with Gasteiger partial charge in [-0.3, -0.25) is 4.79 Å². The van der Waals surface area contributed by atoms with Crippen molar-refractivity contribution in [1.82, 2.24) is 9.78 Å². The van der Waals surface area contributed by atoms with Crippen LogP contribution in [0.4, 0.5) is 13.2 Å². The molecular formula is C16H17F3N2O4. The number of rotatable bonds is 8. The van der Waals surface area contributed by atoms with Crippen LogP contribution in [-0.2, 0) is 6.73 Å². The monoisotopic (exact) mass is 358 g/mol. The third-order valence-electron chi connectivity index (χ3n) is 3.23. The van der Waals surface area contributed by atoms with E-state index in [2.05, 4.69) is 5.10 Å². The van der Waals surface area contributed by atoms with Gasteiger partial charge in [0.2, 0.25) is 0 Å². The van der Waals surface area contributed by atoms with E-state index in [4.69, 9.17) is 14.6 Å². The maximum Gasteiger partial charge on any atom is 0.417 e. The predicted molar refractivity (Wildman–Crippen MR) is 81.5 cm³/mol. The average Bonchev–Trinajstić information content (AvgIpc) is 3.05. The van der Waals surface area contributed by atoms with Crippen molar-refractivity contribution >= 4 is 5.78 Å². The Morgan fingerprint density at radius 1 is 1.32 bits per heavy atom. The molecule has 0 spiro atoms. The maximum absolute atomic E-state index is 12.2. The second-order valence-corrected chi connectivity index (χ2v) is 5.16. The molecule has 9 heteroatoms. The Hall–Kier alpha value is -2.55. The fraction of sp³-hybridized carbons (Fsp3) is 0.375. The minimum absolute atomic E-state index is 0.0195. The number of nitrogens with zero attached hydrogens (tertiary/aromatic N) is 2. The van der Waals surface area contributed by atoms with Crippen molar-refractivity contribution in [1.29, 1.82) is 0 Å². The summed E-state index contributed by atoms with van der Waals surface area (Å²) in [6.07, 6.45) is -3.94. The summed E-state index contributed by atoms with van der Waals surface area (Å²) >= 11 is 0. The van der Waals surface area contributed by atoms with Crippen LogP contribution in [0.3, 0.4) is 0 Å². The fourth-order valence-electron chi connectivity index (χ4n) is 1.85. The lowest BCUT2D eigenvalue weighted by Gasteiger charge is -2.15. The SMILES string of the molecule is CCC(=O)c1cnn(COc2cccc(OCC(O)C(F)(F)F)c2)c1. The molecule has 2 rings (SSSR count). The number of aromatic nitrogens is 2. The second kappa shape index (κ2) is 8.02. The molecule has 2 aromatic rings. The fourth-order valence-corrected chi connectivity index (χ4v) is 1.85. The van der Waals surface area contributed by atoms with Gasteiger partial charge in [0, 0.05) is 18.7 Å². The topological polar surface area (TPSA) is 73.6 Å². The van der Waals surface area contributed by atoms with E-state index in [1.165, 1.54) is 23.0 Å². The third-order valence-corrected chi connectivity index (χ3v) is 3.23. The number of aliphatic hydroxyl groups excluding tert-OH is 1. The van der Waals surface area contributed by atoms with Gasteiger partial charge in [0.25, 0.3) is 0 Å². The molecule has 0 fully saturated rings. The lowest BCUT2D eigenvalue weighted by molar-refractivity contribution is -0.210. The molecule has 0 saturated carbocycles. The third kappa shape index (κ3) is 5.49. The Balaban J connectivity index is 1.91. The molecule has 0 saturated heterocycles. The number of halogens is 3. The minimum atomic E-state index is -4.73. The molecule has 1 unspecified atom stereocenters. The van der Waals surface area contributed by atoms with E-state index in [9.17, 15) is 18.0 Å². The quantitative estimate of drug-likeness (QED) is 0.735. The number of carbonyl (C=O) groups is 1. The number of carbonyl (C=O) groups excluding carboxylic acids is 1. The van der Waals surface area contributed by atoms with Crippen molar-refractivity contribution in [2.45, 2.75) is 32.4 Å². The molecule has 0 aliphatic rings. The number of ketones is 1. The molecule has 0 bridgehead atoms. The number of Topliss-reactive ketones (excluding diaryl/α,β-unsaturated/α-hetero) is 1. The predicted octanol–water partition coefficient (Wildman–Crippen LogP) is 2.81. The summed E-state index contributed by atoms with van der Waals surface area (Å²) in [4.78, 5) is 11.5. The van der Waals surface area contributed by atoms with Crippen LogP contribution in [-0.4, -0.2) is 39.6 Å². The van der Waals surface area contributed by atoms with Crippen LogP contribution in [0.1, 0.15) is 23.7 Å². The molecule has 25 heavy (non-hydrogen) atoms. The van der Waals surface area contributed by atoms with Gasteiger partial charge in [-0.1, -0.05) is 13.0 Å². The lowest BCUT2D eigenvalue weighted by Crippen LogP contribution is -2.34. The van der Waals surface area contributed by atoms with Crippen molar-refractivity contribution in [3.63, 3.8) is 0 Å². The first kappa shape index (κ1) is 18.8. The van der Waals surface area contributed by atoms with Gasteiger partial charge in [-0.05, 0) is 12.1 Å². The van der Waals surface area contributed by atoms with Crippen molar-refractivity contribution in [3.05, 3.63) is 42.2 Å².